The van der Waals surface area contributed by atoms with E-state index in [0.717, 1.165) is 17.2 Å². The molecule has 3 aromatic heterocycles. The van der Waals surface area contributed by atoms with E-state index >= 15 is 0 Å². The maximum Gasteiger partial charge on any atom is 0.153 e. The number of hydrogen-bond donors (Lipinski definition) is 0. The Bertz CT molecular complexity index is 646. The zero-order chi connectivity index (χ0) is 12.4. The van der Waals surface area contributed by atoms with E-state index in [0.29, 0.717) is 5.02 Å². The molecule has 3 aromatic rings. The van der Waals surface area contributed by atoms with Gasteiger partial charge in [0.15, 0.2) is 5.82 Å². The molecule has 88 valence electrons. The molecule has 5 heteroatoms. The zero-order valence-corrected chi connectivity index (χ0v) is 10.1. The Balaban J connectivity index is 1.97. The number of halogens is 1. The Morgan fingerprint density at radius 2 is 1.89 bits per heavy atom. The second-order valence-electron chi connectivity index (χ2n) is 3.70. The summed E-state index contributed by atoms with van der Waals surface area (Å²) in [5.74, 6) is 0.724. The maximum absolute atomic E-state index is 5.80. The molecule has 4 nitrogen and oxygen atoms in total. The van der Waals surface area contributed by atoms with E-state index in [4.69, 9.17) is 11.6 Å². The monoisotopic (exact) mass is 256 g/mol. The number of hydrogen-bond acceptors (Lipinski definition) is 3. The standard InChI is InChI=1S/C13H9ClN4/c14-10-4-5-13(16-9-10)18-8-6-12(17-18)11-3-1-2-7-15-11/h1-9H. The van der Waals surface area contributed by atoms with Crippen LogP contribution in [0.4, 0.5) is 0 Å². The van der Waals surface area contributed by atoms with Crippen LogP contribution in [0.1, 0.15) is 0 Å². The fraction of sp³-hybridized carbons (Fsp3) is 0. The summed E-state index contributed by atoms with van der Waals surface area (Å²) in [6.07, 6.45) is 5.19. The smallest absolute Gasteiger partial charge is 0.153 e. The molecular weight excluding hydrogens is 248 g/mol. The molecule has 0 saturated heterocycles. The van der Waals surface area contributed by atoms with Crippen molar-refractivity contribution < 1.29 is 0 Å². The zero-order valence-electron chi connectivity index (χ0n) is 9.36. The summed E-state index contributed by atoms with van der Waals surface area (Å²) in [7, 11) is 0. The topological polar surface area (TPSA) is 43.6 Å². The molecule has 0 aliphatic heterocycles. The molecule has 3 heterocycles. The van der Waals surface area contributed by atoms with Crippen LogP contribution in [-0.2, 0) is 0 Å². The SMILES string of the molecule is Clc1ccc(-n2ccc(-c3ccccn3)n2)nc1. The fourth-order valence-corrected chi connectivity index (χ4v) is 1.72. The van der Waals surface area contributed by atoms with Gasteiger partial charge in [-0.05, 0) is 30.3 Å². The molecule has 0 atom stereocenters. The van der Waals surface area contributed by atoms with Crippen molar-refractivity contribution in [3.8, 4) is 17.2 Å². The molecule has 0 amide bonds. The van der Waals surface area contributed by atoms with Crippen molar-refractivity contribution in [2.45, 2.75) is 0 Å². The van der Waals surface area contributed by atoms with Gasteiger partial charge in [-0.25, -0.2) is 9.67 Å². The van der Waals surface area contributed by atoms with Crippen LogP contribution in [-0.4, -0.2) is 19.7 Å². The highest BCUT2D eigenvalue weighted by Crippen LogP contribution is 2.15. The highest BCUT2D eigenvalue weighted by Gasteiger charge is 2.04. The van der Waals surface area contributed by atoms with E-state index < -0.39 is 0 Å². The van der Waals surface area contributed by atoms with Crippen LogP contribution in [0.2, 0.25) is 5.02 Å². The normalized spacial score (nSPS) is 10.5. The van der Waals surface area contributed by atoms with Gasteiger partial charge in [-0.1, -0.05) is 17.7 Å². The molecule has 0 aromatic carbocycles. The van der Waals surface area contributed by atoms with Gasteiger partial charge in [-0.15, -0.1) is 0 Å². The summed E-state index contributed by atoms with van der Waals surface area (Å²) in [6, 6.07) is 11.2. The first-order valence-electron chi connectivity index (χ1n) is 5.42. The lowest BCUT2D eigenvalue weighted by molar-refractivity contribution is 0.849. The Morgan fingerprint density at radius 3 is 2.61 bits per heavy atom. The third-order valence-electron chi connectivity index (χ3n) is 2.46. The average molecular weight is 257 g/mol. The molecule has 0 spiro atoms. The lowest BCUT2D eigenvalue weighted by Crippen LogP contribution is -1.97. The van der Waals surface area contributed by atoms with Gasteiger partial charge < -0.3 is 0 Å². The van der Waals surface area contributed by atoms with Crippen LogP contribution < -0.4 is 0 Å². The van der Waals surface area contributed by atoms with Crippen molar-refractivity contribution in [2.75, 3.05) is 0 Å². The van der Waals surface area contributed by atoms with Gasteiger partial charge >= 0.3 is 0 Å². The quantitative estimate of drug-likeness (QED) is 0.708. The van der Waals surface area contributed by atoms with Gasteiger partial charge in [-0.2, -0.15) is 5.10 Å². The van der Waals surface area contributed by atoms with E-state index in [-0.39, 0.29) is 0 Å². The van der Waals surface area contributed by atoms with Gasteiger partial charge in [0.05, 0.1) is 10.7 Å². The second kappa shape index (κ2) is 4.58. The average Bonchev–Trinajstić information content (AvgIpc) is 2.90. The van der Waals surface area contributed by atoms with Crippen molar-refractivity contribution in [3.63, 3.8) is 0 Å². The largest absolute Gasteiger partial charge is 0.255 e. The van der Waals surface area contributed by atoms with Gasteiger partial charge in [0.1, 0.15) is 5.69 Å². The van der Waals surface area contributed by atoms with Crippen LogP contribution in [0.15, 0.2) is 55.0 Å². The van der Waals surface area contributed by atoms with Crippen molar-refractivity contribution in [3.05, 3.63) is 60.0 Å². The lowest BCUT2D eigenvalue weighted by Gasteiger charge is -1.99. The first-order valence-corrected chi connectivity index (χ1v) is 5.80. The molecule has 0 aliphatic rings. The molecule has 18 heavy (non-hydrogen) atoms. The number of rotatable bonds is 2. The Kier molecular flexibility index (Phi) is 2.78. The minimum Gasteiger partial charge on any atom is -0.255 e. The van der Waals surface area contributed by atoms with Gasteiger partial charge in [0.2, 0.25) is 0 Å². The van der Waals surface area contributed by atoms with Crippen LogP contribution in [0.5, 0.6) is 0 Å². The summed E-state index contributed by atoms with van der Waals surface area (Å²) in [5.41, 5.74) is 1.65. The highest BCUT2D eigenvalue weighted by atomic mass is 35.5. The van der Waals surface area contributed by atoms with Crippen molar-refractivity contribution in [2.24, 2.45) is 0 Å². The Morgan fingerprint density at radius 1 is 0.944 bits per heavy atom. The Labute approximate surface area is 109 Å². The van der Waals surface area contributed by atoms with Crippen LogP contribution in [0.3, 0.4) is 0 Å². The summed E-state index contributed by atoms with van der Waals surface area (Å²) in [4.78, 5) is 8.46. The number of aromatic nitrogens is 4. The molecule has 0 fully saturated rings. The minimum atomic E-state index is 0.607. The molecular formula is C13H9ClN4. The van der Waals surface area contributed by atoms with Crippen molar-refractivity contribution >= 4 is 11.6 Å². The van der Waals surface area contributed by atoms with E-state index in [2.05, 4.69) is 15.1 Å². The third-order valence-corrected chi connectivity index (χ3v) is 2.69. The maximum atomic E-state index is 5.80. The molecule has 0 unspecified atom stereocenters. The second-order valence-corrected chi connectivity index (χ2v) is 4.13. The first-order chi connectivity index (χ1) is 8.83. The number of nitrogens with zero attached hydrogens (tertiary/aromatic N) is 4. The van der Waals surface area contributed by atoms with Gasteiger partial charge in [0, 0.05) is 18.6 Å². The molecule has 0 bridgehead atoms. The number of pyridine rings is 2. The van der Waals surface area contributed by atoms with Gasteiger partial charge in [-0.3, -0.25) is 4.98 Å². The van der Waals surface area contributed by atoms with Crippen molar-refractivity contribution in [1.82, 2.24) is 19.7 Å². The molecule has 0 aliphatic carbocycles. The Hall–Kier alpha value is -2.20. The van der Waals surface area contributed by atoms with Crippen LogP contribution in [0.25, 0.3) is 17.2 Å². The molecule has 0 radical (unpaired) electrons. The summed E-state index contributed by atoms with van der Waals surface area (Å²) >= 11 is 5.80. The fourth-order valence-electron chi connectivity index (χ4n) is 1.61. The molecule has 3 rings (SSSR count). The highest BCUT2D eigenvalue weighted by molar-refractivity contribution is 6.30. The van der Waals surface area contributed by atoms with E-state index in [9.17, 15) is 0 Å². The van der Waals surface area contributed by atoms with Gasteiger partial charge in [0.25, 0.3) is 0 Å². The predicted octanol–water partition coefficient (Wildman–Crippen LogP) is 2.98. The van der Waals surface area contributed by atoms with Crippen molar-refractivity contribution in [1.29, 1.82) is 0 Å². The summed E-state index contributed by atoms with van der Waals surface area (Å²) in [5, 5.41) is 5.04. The first kappa shape index (κ1) is 10.9. The van der Waals surface area contributed by atoms with E-state index in [1.165, 1.54) is 0 Å². The molecule has 0 N–H and O–H groups in total. The lowest BCUT2D eigenvalue weighted by atomic mass is 10.3. The summed E-state index contributed by atoms with van der Waals surface area (Å²) < 4.78 is 1.69. The molecule has 0 saturated carbocycles. The van der Waals surface area contributed by atoms with E-state index in [1.807, 2.05) is 36.5 Å². The van der Waals surface area contributed by atoms with Crippen LogP contribution >= 0.6 is 11.6 Å². The van der Waals surface area contributed by atoms with Crippen LogP contribution in [0, 0.1) is 0 Å². The third kappa shape index (κ3) is 2.10. The van der Waals surface area contributed by atoms with E-state index in [1.54, 1.807) is 23.1 Å². The minimum absolute atomic E-state index is 0.607. The summed E-state index contributed by atoms with van der Waals surface area (Å²) in [6.45, 7) is 0. The predicted molar refractivity (Wildman–Crippen MR) is 69.6 cm³/mol.